The molecule has 7 nitrogen and oxygen atoms in total. The number of hydrogen-bond acceptors (Lipinski definition) is 6. The van der Waals surface area contributed by atoms with E-state index < -0.39 is 0 Å². The van der Waals surface area contributed by atoms with Crippen molar-refractivity contribution in [1.29, 1.82) is 5.26 Å². The first-order valence-electron chi connectivity index (χ1n) is 8.40. The van der Waals surface area contributed by atoms with E-state index >= 15 is 0 Å². The number of benzene rings is 2. The lowest BCUT2D eigenvalue weighted by molar-refractivity contribution is 0.306. The molecule has 0 saturated carbocycles. The minimum Gasteiger partial charge on any atom is -0.489 e. The van der Waals surface area contributed by atoms with Crippen LogP contribution in [-0.2, 0) is 19.6 Å². The lowest BCUT2D eigenvalue weighted by Crippen LogP contribution is -2.19. The van der Waals surface area contributed by atoms with E-state index in [1.54, 1.807) is 4.68 Å². The fraction of sp³-hybridized carbons (Fsp3) is 0.263. The van der Waals surface area contributed by atoms with Crippen LogP contribution in [0.1, 0.15) is 29.4 Å². The summed E-state index contributed by atoms with van der Waals surface area (Å²) in [5.41, 5.74) is 8.44. The van der Waals surface area contributed by atoms with Gasteiger partial charge in [0.25, 0.3) is 0 Å². The topological polar surface area (TPSA) is 103 Å². The second-order valence-electron chi connectivity index (χ2n) is 5.90. The Labute approximate surface area is 164 Å². The van der Waals surface area contributed by atoms with Crippen molar-refractivity contribution in [2.24, 2.45) is 5.73 Å². The standard InChI is InChI=1S/C19H20N6O.ClH/c20-11-4-12-25-19(22-23-24-25)18(21)13-15-7-9-17(10-8-15)26-14-16-5-2-1-3-6-16;/h1-3,5-10,18H,4,12-14,21H2;1H. The third-order valence-electron chi connectivity index (χ3n) is 3.95. The largest absolute Gasteiger partial charge is 0.489 e. The number of tetrazole rings is 1. The Hall–Kier alpha value is -2.95. The smallest absolute Gasteiger partial charge is 0.168 e. The van der Waals surface area contributed by atoms with E-state index in [0.717, 1.165) is 16.9 Å². The maximum Gasteiger partial charge on any atom is 0.168 e. The van der Waals surface area contributed by atoms with Crippen LogP contribution in [0, 0.1) is 11.3 Å². The lowest BCUT2D eigenvalue weighted by atomic mass is 10.1. The summed E-state index contributed by atoms with van der Waals surface area (Å²) in [6.45, 7) is 0.978. The Morgan fingerprint density at radius 2 is 1.81 bits per heavy atom. The number of halogens is 1. The van der Waals surface area contributed by atoms with Gasteiger partial charge in [-0.3, -0.25) is 0 Å². The van der Waals surface area contributed by atoms with Crippen molar-refractivity contribution in [3.63, 3.8) is 0 Å². The van der Waals surface area contributed by atoms with Gasteiger partial charge in [0.2, 0.25) is 0 Å². The highest BCUT2D eigenvalue weighted by Crippen LogP contribution is 2.18. The van der Waals surface area contributed by atoms with Crippen LogP contribution in [-0.4, -0.2) is 20.2 Å². The first-order chi connectivity index (χ1) is 12.8. The molecule has 0 aliphatic carbocycles. The van der Waals surface area contributed by atoms with Gasteiger partial charge in [-0.05, 0) is 40.1 Å². The number of nitriles is 1. The van der Waals surface area contributed by atoms with Gasteiger partial charge < -0.3 is 10.5 Å². The molecule has 1 heterocycles. The van der Waals surface area contributed by atoms with Crippen LogP contribution < -0.4 is 10.5 Å². The molecule has 2 aromatic carbocycles. The summed E-state index contributed by atoms with van der Waals surface area (Å²) in [6.07, 6.45) is 0.949. The Bertz CT molecular complexity index is 860. The Morgan fingerprint density at radius 1 is 1.07 bits per heavy atom. The van der Waals surface area contributed by atoms with E-state index in [0.29, 0.717) is 31.8 Å². The Kier molecular flexibility index (Phi) is 7.74. The monoisotopic (exact) mass is 384 g/mol. The maximum absolute atomic E-state index is 8.70. The number of hydrogen-bond donors (Lipinski definition) is 1. The van der Waals surface area contributed by atoms with E-state index in [2.05, 4.69) is 21.6 Å². The van der Waals surface area contributed by atoms with E-state index in [1.165, 1.54) is 0 Å². The highest BCUT2D eigenvalue weighted by molar-refractivity contribution is 5.85. The molecule has 0 fully saturated rings. The van der Waals surface area contributed by atoms with Crippen molar-refractivity contribution < 1.29 is 4.74 Å². The summed E-state index contributed by atoms with van der Waals surface area (Å²) in [5, 5.41) is 20.2. The van der Waals surface area contributed by atoms with E-state index in [9.17, 15) is 0 Å². The Morgan fingerprint density at radius 3 is 2.52 bits per heavy atom. The van der Waals surface area contributed by atoms with Crippen LogP contribution in [0.15, 0.2) is 54.6 Å². The molecule has 0 aliphatic heterocycles. The van der Waals surface area contributed by atoms with E-state index in [1.807, 2.05) is 54.6 Å². The van der Waals surface area contributed by atoms with Crippen molar-refractivity contribution in [1.82, 2.24) is 20.2 Å². The molecule has 3 aromatic rings. The molecule has 3 rings (SSSR count). The molecule has 8 heteroatoms. The lowest BCUT2D eigenvalue weighted by Gasteiger charge is -2.12. The Balaban J connectivity index is 0.00000261. The van der Waals surface area contributed by atoms with Crippen molar-refractivity contribution in [3.8, 4) is 11.8 Å². The summed E-state index contributed by atoms with van der Waals surface area (Å²) in [7, 11) is 0. The van der Waals surface area contributed by atoms with Gasteiger partial charge in [-0.1, -0.05) is 42.5 Å². The van der Waals surface area contributed by atoms with Crippen LogP contribution in [0.25, 0.3) is 0 Å². The zero-order valence-electron chi connectivity index (χ0n) is 14.7. The minimum atomic E-state index is -0.334. The van der Waals surface area contributed by atoms with Crippen LogP contribution in [0.5, 0.6) is 5.75 Å². The molecular weight excluding hydrogens is 364 g/mol. The zero-order valence-corrected chi connectivity index (χ0v) is 15.5. The number of nitrogens with two attached hydrogens (primary N) is 1. The highest BCUT2D eigenvalue weighted by Gasteiger charge is 2.15. The van der Waals surface area contributed by atoms with Crippen molar-refractivity contribution >= 4 is 12.4 Å². The third-order valence-corrected chi connectivity index (χ3v) is 3.95. The first kappa shape index (κ1) is 20.4. The van der Waals surface area contributed by atoms with Gasteiger partial charge in [0.05, 0.1) is 25.1 Å². The second-order valence-corrected chi connectivity index (χ2v) is 5.90. The molecular formula is C19H21ClN6O. The first-order valence-corrected chi connectivity index (χ1v) is 8.40. The molecule has 0 bridgehead atoms. The zero-order chi connectivity index (χ0) is 18.2. The summed E-state index contributed by atoms with van der Waals surface area (Å²) < 4.78 is 7.38. The van der Waals surface area contributed by atoms with Gasteiger partial charge in [-0.15, -0.1) is 17.5 Å². The molecule has 0 spiro atoms. The molecule has 1 aromatic heterocycles. The molecule has 1 atom stereocenters. The van der Waals surface area contributed by atoms with E-state index in [-0.39, 0.29) is 18.4 Å². The van der Waals surface area contributed by atoms with Crippen molar-refractivity contribution in [3.05, 3.63) is 71.5 Å². The van der Waals surface area contributed by atoms with Crippen LogP contribution in [0.2, 0.25) is 0 Å². The molecule has 0 saturated heterocycles. The number of nitrogens with zero attached hydrogens (tertiary/aromatic N) is 5. The van der Waals surface area contributed by atoms with Gasteiger partial charge in [0, 0.05) is 0 Å². The second kappa shape index (κ2) is 10.3. The van der Waals surface area contributed by atoms with Gasteiger partial charge in [0.15, 0.2) is 5.82 Å². The quantitative estimate of drug-likeness (QED) is 0.640. The highest BCUT2D eigenvalue weighted by atomic mass is 35.5. The summed E-state index contributed by atoms with van der Waals surface area (Å²) in [4.78, 5) is 0. The predicted octanol–water partition coefficient (Wildman–Crippen LogP) is 2.83. The number of aryl methyl sites for hydroxylation is 1. The minimum absolute atomic E-state index is 0. The molecule has 1 unspecified atom stereocenters. The number of aromatic nitrogens is 4. The van der Waals surface area contributed by atoms with Gasteiger partial charge in [-0.25, -0.2) is 4.68 Å². The van der Waals surface area contributed by atoms with Crippen molar-refractivity contribution in [2.45, 2.75) is 32.0 Å². The molecule has 0 amide bonds. The maximum atomic E-state index is 8.70. The van der Waals surface area contributed by atoms with Crippen molar-refractivity contribution in [2.75, 3.05) is 0 Å². The van der Waals surface area contributed by atoms with Gasteiger partial charge in [0.1, 0.15) is 12.4 Å². The molecule has 0 radical (unpaired) electrons. The number of ether oxygens (including phenoxy) is 1. The average Bonchev–Trinajstić information content (AvgIpc) is 3.15. The summed E-state index contributed by atoms with van der Waals surface area (Å²) in [6, 6.07) is 19.6. The molecule has 140 valence electrons. The summed E-state index contributed by atoms with van der Waals surface area (Å²) in [5.74, 6) is 1.40. The van der Waals surface area contributed by atoms with Gasteiger partial charge in [-0.2, -0.15) is 5.26 Å². The summed E-state index contributed by atoms with van der Waals surface area (Å²) >= 11 is 0. The fourth-order valence-electron chi connectivity index (χ4n) is 2.60. The molecule has 2 N–H and O–H groups in total. The molecule has 0 aliphatic rings. The number of rotatable bonds is 8. The van der Waals surface area contributed by atoms with Crippen LogP contribution >= 0.6 is 12.4 Å². The predicted molar refractivity (Wildman–Crippen MR) is 103 cm³/mol. The third kappa shape index (κ3) is 5.78. The van der Waals surface area contributed by atoms with Crippen LogP contribution in [0.4, 0.5) is 0 Å². The van der Waals surface area contributed by atoms with Crippen LogP contribution in [0.3, 0.4) is 0 Å². The average molecular weight is 385 g/mol. The SMILES string of the molecule is Cl.N#CCCn1nnnc1C(N)Cc1ccc(OCc2ccccc2)cc1. The fourth-order valence-corrected chi connectivity index (χ4v) is 2.60. The normalized spacial score (nSPS) is 11.3. The van der Waals surface area contributed by atoms with Gasteiger partial charge >= 0.3 is 0 Å². The molecule has 27 heavy (non-hydrogen) atoms. The van der Waals surface area contributed by atoms with E-state index in [4.69, 9.17) is 15.7 Å².